The number of hydrogen-bond acceptors (Lipinski definition) is 4. The van der Waals surface area contributed by atoms with Crippen LogP contribution in [0.25, 0.3) is 5.65 Å². The van der Waals surface area contributed by atoms with Gasteiger partial charge in [0.25, 0.3) is 0 Å². The molecule has 1 unspecified atom stereocenters. The highest BCUT2D eigenvalue weighted by Gasteiger charge is 2.20. The van der Waals surface area contributed by atoms with Crippen LogP contribution < -0.4 is 5.73 Å². The van der Waals surface area contributed by atoms with E-state index in [1.54, 1.807) is 0 Å². The third-order valence-electron chi connectivity index (χ3n) is 3.26. The Morgan fingerprint density at radius 3 is 3.18 bits per heavy atom. The zero-order chi connectivity index (χ0) is 11.7. The van der Waals surface area contributed by atoms with Crippen molar-refractivity contribution in [1.29, 1.82) is 0 Å². The van der Waals surface area contributed by atoms with E-state index in [0.717, 1.165) is 17.0 Å². The fourth-order valence-electron chi connectivity index (χ4n) is 2.30. The zero-order valence-corrected chi connectivity index (χ0v) is 10.5. The summed E-state index contributed by atoms with van der Waals surface area (Å²) in [7, 11) is 0. The van der Waals surface area contributed by atoms with Crippen molar-refractivity contribution < 1.29 is 0 Å². The number of nitrogens with two attached hydrogens (primary N) is 1. The molecule has 5 heteroatoms. The lowest BCUT2D eigenvalue weighted by atomic mass is 10.0. The van der Waals surface area contributed by atoms with E-state index in [1.165, 1.54) is 24.3 Å². The van der Waals surface area contributed by atoms with E-state index in [2.05, 4.69) is 20.7 Å². The molecule has 1 aliphatic rings. The van der Waals surface area contributed by atoms with Gasteiger partial charge in [-0.25, -0.2) is 0 Å². The number of aromatic nitrogens is 3. The van der Waals surface area contributed by atoms with Gasteiger partial charge in [-0.05, 0) is 36.3 Å². The van der Waals surface area contributed by atoms with Gasteiger partial charge in [-0.1, -0.05) is 0 Å². The second-order valence-corrected chi connectivity index (χ2v) is 5.59. The lowest BCUT2D eigenvalue weighted by Crippen LogP contribution is -2.12. The highest BCUT2D eigenvalue weighted by molar-refractivity contribution is 7.99. The molecule has 1 saturated heterocycles. The monoisotopic (exact) mass is 248 g/mol. The average molecular weight is 248 g/mol. The van der Waals surface area contributed by atoms with Crippen LogP contribution in [-0.4, -0.2) is 26.1 Å². The van der Waals surface area contributed by atoms with Crippen molar-refractivity contribution in [3.8, 4) is 0 Å². The van der Waals surface area contributed by atoms with Crippen LogP contribution in [0, 0.1) is 0 Å². The van der Waals surface area contributed by atoms with Crippen molar-refractivity contribution in [3.63, 3.8) is 0 Å². The molecule has 0 aliphatic carbocycles. The van der Waals surface area contributed by atoms with Crippen molar-refractivity contribution >= 4 is 17.4 Å². The molecule has 1 atom stereocenters. The van der Waals surface area contributed by atoms with E-state index in [4.69, 9.17) is 5.73 Å². The van der Waals surface area contributed by atoms with Crippen LogP contribution in [0.4, 0.5) is 0 Å². The van der Waals surface area contributed by atoms with Gasteiger partial charge < -0.3 is 5.73 Å². The Morgan fingerprint density at radius 1 is 1.47 bits per heavy atom. The third-order valence-corrected chi connectivity index (χ3v) is 4.48. The van der Waals surface area contributed by atoms with Crippen LogP contribution in [0.15, 0.2) is 18.3 Å². The number of nitrogens with zero attached hydrogens (tertiary/aromatic N) is 3. The lowest BCUT2D eigenvalue weighted by Gasteiger charge is -2.19. The number of hydrogen-bond donors (Lipinski definition) is 1. The van der Waals surface area contributed by atoms with E-state index >= 15 is 0 Å². The van der Waals surface area contributed by atoms with E-state index in [9.17, 15) is 0 Å². The molecule has 3 rings (SSSR count). The number of thioether (sulfide) groups is 1. The van der Waals surface area contributed by atoms with Gasteiger partial charge in [0.15, 0.2) is 5.65 Å². The molecule has 0 spiro atoms. The largest absolute Gasteiger partial charge is 0.326 e. The quantitative estimate of drug-likeness (QED) is 0.880. The maximum Gasteiger partial charge on any atom is 0.161 e. The molecule has 0 saturated carbocycles. The molecule has 17 heavy (non-hydrogen) atoms. The number of rotatable bonds is 2. The first-order chi connectivity index (χ1) is 8.38. The van der Waals surface area contributed by atoms with Gasteiger partial charge in [0.05, 0.1) is 0 Å². The van der Waals surface area contributed by atoms with Gasteiger partial charge in [0, 0.05) is 24.4 Å². The highest BCUT2D eigenvalue weighted by Crippen LogP contribution is 2.30. The fourth-order valence-corrected chi connectivity index (χ4v) is 3.44. The molecule has 0 aromatic carbocycles. The minimum absolute atomic E-state index is 0.549. The summed E-state index contributed by atoms with van der Waals surface area (Å²) in [4.78, 5) is 0. The number of fused-ring (bicyclic) bond motifs is 1. The van der Waals surface area contributed by atoms with Crippen LogP contribution >= 0.6 is 11.8 Å². The summed E-state index contributed by atoms with van der Waals surface area (Å²) in [6.45, 7) is 0.554. The molecule has 1 aliphatic heterocycles. The van der Waals surface area contributed by atoms with Crippen molar-refractivity contribution in [2.45, 2.75) is 25.3 Å². The van der Waals surface area contributed by atoms with Gasteiger partial charge in [-0.15, -0.1) is 10.2 Å². The molecule has 4 nitrogen and oxygen atoms in total. The van der Waals surface area contributed by atoms with Crippen LogP contribution in [0.5, 0.6) is 0 Å². The van der Waals surface area contributed by atoms with Gasteiger partial charge in [-0.3, -0.25) is 4.40 Å². The Hall–Kier alpha value is -1.07. The molecule has 2 aromatic heterocycles. The minimum Gasteiger partial charge on any atom is -0.326 e. The second kappa shape index (κ2) is 4.66. The smallest absolute Gasteiger partial charge is 0.161 e. The molecular formula is C12H16N4S. The molecule has 1 fully saturated rings. The summed E-state index contributed by atoms with van der Waals surface area (Å²) in [6, 6.07) is 4.07. The standard InChI is InChI=1S/C12H16N4S/c13-7-9-3-4-16-11(6-9)14-15-12(16)10-2-1-5-17-8-10/h3-4,6,10H,1-2,5,7-8,13H2. The molecule has 2 aromatic rings. The minimum atomic E-state index is 0.549. The normalized spacial score (nSPS) is 20.9. The maximum absolute atomic E-state index is 5.63. The Labute approximate surface area is 105 Å². The van der Waals surface area contributed by atoms with Gasteiger partial charge in [0.2, 0.25) is 0 Å². The molecule has 0 bridgehead atoms. The van der Waals surface area contributed by atoms with Gasteiger partial charge >= 0.3 is 0 Å². The van der Waals surface area contributed by atoms with Gasteiger partial charge in [0.1, 0.15) is 5.82 Å². The Bertz CT molecular complexity index is 516. The fraction of sp³-hybridized carbons (Fsp3) is 0.500. The SMILES string of the molecule is NCc1ccn2c(C3CCCSC3)nnc2c1. The Kier molecular flexibility index (Phi) is 3.03. The first kappa shape index (κ1) is 11.0. The predicted octanol–water partition coefficient (Wildman–Crippen LogP) is 1.80. The molecule has 2 N–H and O–H groups in total. The maximum atomic E-state index is 5.63. The summed E-state index contributed by atoms with van der Waals surface area (Å²) in [5, 5.41) is 8.60. The molecule has 90 valence electrons. The van der Waals surface area contributed by atoms with Crippen molar-refractivity contribution in [2.24, 2.45) is 5.73 Å². The van der Waals surface area contributed by atoms with Crippen LogP contribution in [0.2, 0.25) is 0 Å². The highest BCUT2D eigenvalue weighted by atomic mass is 32.2. The second-order valence-electron chi connectivity index (χ2n) is 4.44. The first-order valence-electron chi connectivity index (χ1n) is 6.00. The predicted molar refractivity (Wildman–Crippen MR) is 70.2 cm³/mol. The first-order valence-corrected chi connectivity index (χ1v) is 7.15. The molecule has 3 heterocycles. The average Bonchev–Trinajstić information content (AvgIpc) is 2.82. The van der Waals surface area contributed by atoms with E-state index in [0.29, 0.717) is 12.5 Å². The zero-order valence-electron chi connectivity index (χ0n) is 9.67. The summed E-state index contributed by atoms with van der Waals surface area (Å²) in [6.07, 6.45) is 4.56. The Morgan fingerprint density at radius 2 is 2.41 bits per heavy atom. The van der Waals surface area contributed by atoms with Crippen LogP contribution in [0.3, 0.4) is 0 Å². The van der Waals surface area contributed by atoms with Crippen LogP contribution in [0.1, 0.15) is 30.1 Å². The van der Waals surface area contributed by atoms with Crippen molar-refractivity contribution in [3.05, 3.63) is 29.7 Å². The summed E-state index contributed by atoms with van der Waals surface area (Å²) < 4.78 is 2.11. The van der Waals surface area contributed by atoms with Gasteiger partial charge in [-0.2, -0.15) is 11.8 Å². The Balaban J connectivity index is 1.99. The topological polar surface area (TPSA) is 56.2 Å². The molecule has 0 radical (unpaired) electrons. The summed E-state index contributed by atoms with van der Waals surface area (Å²) >= 11 is 2.02. The van der Waals surface area contributed by atoms with Crippen LogP contribution in [-0.2, 0) is 6.54 Å². The third kappa shape index (κ3) is 2.05. The summed E-state index contributed by atoms with van der Waals surface area (Å²) in [5.41, 5.74) is 7.65. The molecule has 0 amide bonds. The van der Waals surface area contributed by atoms with E-state index in [1.807, 2.05) is 24.0 Å². The summed E-state index contributed by atoms with van der Waals surface area (Å²) in [5.74, 6) is 4.10. The van der Waals surface area contributed by atoms with E-state index in [-0.39, 0.29) is 0 Å². The lowest BCUT2D eigenvalue weighted by molar-refractivity contribution is 0.617. The van der Waals surface area contributed by atoms with Crippen molar-refractivity contribution in [1.82, 2.24) is 14.6 Å². The number of pyridine rings is 1. The molecular weight excluding hydrogens is 232 g/mol. The van der Waals surface area contributed by atoms with E-state index < -0.39 is 0 Å². The van der Waals surface area contributed by atoms with Crippen molar-refractivity contribution in [2.75, 3.05) is 11.5 Å².